The molecule has 0 radical (unpaired) electrons. The van der Waals surface area contributed by atoms with Gasteiger partial charge in [-0.15, -0.1) is 24.0 Å². The second-order valence-corrected chi connectivity index (χ2v) is 6.59. The SMILES string of the molecule is CN=C(NCCCN1CCCC1)NCC(C)c1ccc(C)cc1.I. The van der Waals surface area contributed by atoms with E-state index in [9.17, 15) is 0 Å². The van der Waals surface area contributed by atoms with Crippen LogP contribution in [0.4, 0.5) is 0 Å². The monoisotopic (exact) mass is 444 g/mol. The van der Waals surface area contributed by atoms with Crippen LogP contribution in [0.3, 0.4) is 0 Å². The molecule has 1 aliphatic heterocycles. The van der Waals surface area contributed by atoms with E-state index in [0.717, 1.165) is 19.0 Å². The Kier molecular flexibility index (Phi) is 10.3. The first-order valence-corrected chi connectivity index (χ1v) is 8.92. The van der Waals surface area contributed by atoms with Crippen LogP contribution in [0.2, 0.25) is 0 Å². The summed E-state index contributed by atoms with van der Waals surface area (Å²) in [6.07, 6.45) is 3.91. The van der Waals surface area contributed by atoms with E-state index in [1.807, 2.05) is 7.05 Å². The minimum Gasteiger partial charge on any atom is -0.356 e. The Morgan fingerprint density at radius 3 is 2.46 bits per heavy atom. The first-order chi connectivity index (χ1) is 11.2. The Bertz CT molecular complexity index is 481. The third-order valence-corrected chi connectivity index (χ3v) is 4.59. The predicted molar refractivity (Wildman–Crippen MR) is 115 cm³/mol. The maximum absolute atomic E-state index is 4.32. The highest BCUT2D eigenvalue weighted by atomic mass is 127. The molecule has 2 N–H and O–H groups in total. The third kappa shape index (κ3) is 7.38. The Morgan fingerprint density at radius 1 is 1.17 bits per heavy atom. The highest BCUT2D eigenvalue weighted by molar-refractivity contribution is 14.0. The summed E-state index contributed by atoms with van der Waals surface area (Å²) in [6, 6.07) is 8.79. The van der Waals surface area contributed by atoms with Gasteiger partial charge in [-0.2, -0.15) is 0 Å². The van der Waals surface area contributed by atoms with Gasteiger partial charge in [-0.3, -0.25) is 4.99 Å². The van der Waals surface area contributed by atoms with Crippen molar-refractivity contribution in [2.24, 2.45) is 4.99 Å². The first kappa shape index (κ1) is 21.2. The van der Waals surface area contributed by atoms with Crippen LogP contribution < -0.4 is 10.6 Å². The van der Waals surface area contributed by atoms with Crippen LogP contribution >= 0.6 is 24.0 Å². The summed E-state index contributed by atoms with van der Waals surface area (Å²) in [6.45, 7) is 10.0. The molecular weight excluding hydrogens is 411 g/mol. The Balaban J connectivity index is 0.00000288. The molecule has 0 bridgehead atoms. The lowest BCUT2D eigenvalue weighted by molar-refractivity contribution is 0.334. The molecule has 0 amide bonds. The van der Waals surface area contributed by atoms with Gasteiger partial charge < -0.3 is 15.5 Å². The zero-order chi connectivity index (χ0) is 16.5. The molecule has 1 aromatic carbocycles. The van der Waals surface area contributed by atoms with Crippen molar-refractivity contribution in [2.75, 3.05) is 39.8 Å². The molecule has 24 heavy (non-hydrogen) atoms. The minimum atomic E-state index is 0. The van der Waals surface area contributed by atoms with Crippen LogP contribution in [0, 0.1) is 6.92 Å². The van der Waals surface area contributed by atoms with Gasteiger partial charge in [0.2, 0.25) is 0 Å². The van der Waals surface area contributed by atoms with Crippen molar-refractivity contribution in [3.05, 3.63) is 35.4 Å². The summed E-state index contributed by atoms with van der Waals surface area (Å²) >= 11 is 0. The fourth-order valence-corrected chi connectivity index (χ4v) is 3.00. The lowest BCUT2D eigenvalue weighted by Gasteiger charge is -2.18. The van der Waals surface area contributed by atoms with Crippen molar-refractivity contribution < 1.29 is 0 Å². The molecule has 1 heterocycles. The third-order valence-electron chi connectivity index (χ3n) is 4.59. The number of likely N-dealkylation sites (tertiary alicyclic amines) is 1. The molecular formula is C19H33IN4. The number of aryl methyl sites for hydroxylation is 1. The Hall–Kier alpha value is -0.820. The number of halogens is 1. The van der Waals surface area contributed by atoms with Crippen molar-refractivity contribution in [1.82, 2.24) is 15.5 Å². The van der Waals surface area contributed by atoms with Gasteiger partial charge in [0, 0.05) is 20.1 Å². The largest absolute Gasteiger partial charge is 0.356 e. The average Bonchev–Trinajstić information content (AvgIpc) is 3.08. The first-order valence-electron chi connectivity index (χ1n) is 8.92. The molecule has 0 spiro atoms. The molecule has 5 heteroatoms. The van der Waals surface area contributed by atoms with E-state index >= 15 is 0 Å². The molecule has 0 aliphatic carbocycles. The fraction of sp³-hybridized carbons (Fsp3) is 0.632. The normalized spacial score (nSPS) is 16.5. The van der Waals surface area contributed by atoms with E-state index in [2.05, 4.69) is 58.6 Å². The summed E-state index contributed by atoms with van der Waals surface area (Å²) in [5.41, 5.74) is 2.68. The number of hydrogen-bond donors (Lipinski definition) is 2. The van der Waals surface area contributed by atoms with Crippen LogP contribution in [-0.4, -0.2) is 50.6 Å². The minimum absolute atomic E-state index is 0. The maximum atomic E-state index is 4.32. The predicted octanol–water partition coefficient (Wildman–Crippen LogP) is 3.37. The molecule has 1 aromatic rings. The van der Waals surface area contributed by atoms with Crippen LogP contribution in [-0.2, 0) is 0 Å². The van der Waals surface area contributed by atoms with E-state index in [-0.39, 0.29) is 24.0 Å². The van der Waals surface area contributed by atoms with E-state index in [1.165, 1.54) is 50.0 Å². The van der Waals surface area contributed by atoms with Gasteiger partial charge in [0.15, 0.2) is 5.96 Å². The van der Waals surface area contributed by atoms with Crippen molar-refractivity contribution in [3.63, 3.8) is 0 Å². The summed E-state index contributed by atoms with van der Waals surface area (Å²) in [7, 11) is 1.84. The molecule has 2 rings (SSSR count). The van der Waals surface area contributed by atoms with Crippen molar-refractivity contribution >= 4 is 29.9 Å². The number of rotatable bonds is 7. The smallest absolute Gasteiger partial charge is 0.190 e. The summed E-state index contributed by atoms with van der Waals surface area (Å²) in [4.78, 5) is 6.87. The Morgan fingerprint density at radius 2 is 1.83 bits per heavy atom. The number of aliphatic imine (C=N–C) groups is 1. The van der Waals surface area contributed by atoms with Crippen LogP contribution in [0.5, 0.6) is 0 Å². The van der Waals surface area contributed by atoms with Gasteiger partial charge in [0.1, 0.15) is 0 Å². The lowest BCUT2D eigenvalue weighted by atomic mass is 10.0. The quantitative estimate of drug-likeness (QED) is 0.293. The summed E-state index contributed by atoms with van der Waals surface area (Å²) < 4.78 is 0. The average molecular weight is 444 g/mol. The summed E-state index contributed by atoms with van der Waals surface area (Å²) in [5, 5.41) is 6.86. The highest BCUT2D eigenvalue weighted by Crippen LogP contribution is 2.14. The van der Waals surface area contributed by atoms with Gasteiger partial charge in [-0.25, -0.2) is 0 Å². The fourth-order valence-electron chi connectivity index (χ4n) is 3.00. The maximum Gasteiger partial charge on any atom is 0.190 e. The second kappa shape index (κ2) is 11.7. The number of benzene rings is 1. The number of nitrogens with zero attached hydrogens (tertiary/aromatic N) is 2. The van der Waals surface area contributed by atoms with E-state index in [1.54, 1.807) is 0 Å². The molecule has 1 fully saturated rings. The van der Waals surface area contributed by atoms with Crippen molar-refractivity contribution in [2.45, 2.75) is 39.0 Å². The molecule has 1 atom stereocenters. The number of guanidine groups is 1. The van der Waals surface area contributed by atoms with Crippen molar-refractivity contribution in [1.29, 1.82) is 0 Å². The highest BCUT2D eigenvalue weighted by Gasteiger charge is 2.10. The number of nitrogens with one attached hydrogen (secondary N) is 2. The number of hydrogen-bond acceptors (Lipinski definition) is 2. The zero-order valence-electron chi connectivity index (χ0n) is 15.3. The lowest BCUT2D eigenvalue weighted by Crippen LogP contribution is -2.40. The van der Waals surface area contributed by atoms with Gasteiger partial charge in [0.05, 0.1) is 0 Å². The topological polar surface area (TPSA) is 39.7 Å². The molecule has 1 unspecified atom stereocenters. The molecule has 1 aliphatic rings. The molecule has 4 nitrogen and oxygen atoms in total. The standard InChI is InChI=1S/C19H32N4.HI/c1-16-7-9-18(10-8-16)17(2)15-22-19(20-3)21-11-6-14-23-12-4-5-13-23;/h7-10,17H,4-6,11-15H2,1-3H3,(H2,20,21,22);1H. The van der Waals surface area contributed by atoms with Gasteiger partial charge in [-0.1, -0.05) is 36.8 Å². The van der Waals surface area contributed by atoms with Crippen LogP contribution in [0.25, 0.3) is 0 Å². The molecule has 136 valence electrons. The molecule has 1 saturated heterocycles. The Labute approximate surface area is 164 Å². The van der Waals surface area contributed by atoms with Crippen LogP contribution in [0.15, 0.2) is 29.3 Å². The van der Waals surface area contributed by atoms with Gasteiger partial charge >= 0.3 is 0 Å². The van der Waals surface area contributed by atoms with E-state index < -0.39 is 0 Å². The van der Waals surface area contributed by atoms with Crippen molar-refractivity contribution in [3.8, 4) is 0 Å². The van der Waals surface area contributed by atoms with Gasteiger partial charge in [-0.05, 0) is 57.3 Å². The molecule has 0 aromatic heterocycles. The van der Waals surface area contributed by atoms with Gasteiger partial charge in [0.25, 0.3) is 0 Å². The molecule has 0 saturated carbocycles. The second-order valence-electron chi connectivity index (χ2n) is 6.59. The zero-order valence-corrected chi connectivity index (χ0v) is 17.7. The van der Waals surface area contributed by atoms with E-state index in [4.69, 9.17) is 0 Å². The summed E-state index contributed by atoms with van der Waals surface area (Å²) in [5.74, 6) is 1.38. The van der Waals surface area contributed by atoms with E-state index in [0.29, 0.717) is 5.92 Å². The van der Waals surface area contributed by atoms with Crippen LogP contribution in [0.1, 0.15) is 43.2 Å².